The number of nitrogens with one attached hydrogen (secondary N) is 2. The van der Waals surface area contributed by atoms with Gasteiger partial charge in [0.25, 0.3) is 0 Å². The minimum Gasteiger partial charge on any atom is -0.363 e. The molecule has 17 heavy (non-hydrogen) atoms. The third kappa shape index (κ3) is 2.70. The van der Waals surface area contributed by atoms with Crippen LogP contribution in [0.3, 0.4) is 0 Å². The van der Waals surface area contributed by atoms with Gasteiger partial charge in [0.15, 0.2) is 5.82 Å². The highest BCUT2D eigenvalue weighted by molar-refractivity contribution is 7.89. The predicted molar refractivity (Wildman–Crippen MR) is 57.0 cm³/mol. The van der Waals surface area contributed by atoms with Crippen molar-refractivity contribution < 1.29 is 12.9 Å². The first-order chi connectivity index (χ1) is 8.12. The van der Waals surface area contributed by atoms with Crippen molar-refractivity contribution in [2.75, 3.05) is 0 Å². The Hall–Kier alpha value is -1.71. The number of nitrogens with zero attached hydrogens (tertiary/aromatic N) is 2. The van der Waals surface area contributed by atoms with E-state index in [1.54, 1.807) is 0 Å². The molecule has 2 aromatic heterocycles. The smallest absolute Gasteiger partial charge is 0.242 e. The molecule has 0 spiro atoms. The molecule has 4 N–H and O–H groups in total. The molecule has 0 aliphatic rings. The standard InChI is InChI=1S/C8H11N5O3S/c9-2-6-1-7(3-10-6)17(14,15)12-4-8-11-5-16-13-8/h1,3,5,10,12H,2,4,9H2. The largest absolute Gasteiger partial charge is 0.363 e. The summed E-state index contributed by atoms with van der Waals surface area (Å²) in [5, 5.41) is 3.49. The van der Waals surface area contributed by atoms with E-state index in [2.05, 4.69) is 24.4 Å². The van der Waals surface area contributed by atoms with E-state index >= 15 is 0 Å². The maximum absolute atomic E-state index is 11.8. The molecular weight excluding hydrogens is 246 g/mol. The number of rotatable bonds is 5. The summed E-state index contributed by atoms with van der Waals surface area (Å²) >= 11 is 0. The highest BCUT2D eigenvalue weighted by atomic mass is 32.2. The van der Waals surface area contributed by atoms with Crippen molar-refractivity contribution in [2.24, 2.45) is 5.73 Å². The SMILES string of the molecule is NCc1cc(S(=O)(=O)NCc2ncon2)c[nH]1. The predicted octanol–water partition coefficient (Wildman–Crippen LogP) is -0.665. The van der Waals surface area contributed by atoms with Gasteiger partial charge in [-0.2, -0.15) is 4.98 Å². The van der Waals surface area contributed by atoms with Gasteiger partial charge >= 0.3 is 0 Å². The van der Waals surface area contributed by atoms with Crippen LogP contribution in [0, 0.1) is 0 Å². The highest BCUT2D eigenvalue weighted by Gasteiger charge is 2.16. The first kappa shape index (κ1) is 11.8. The molecule has 0 aromatic carbocycles. The molecule has 0 bridgehead atoms. The number of aromatic nitrogens is 3. The van der Waals surface area contributed by atoms with Crippen LogP contribution in [0.5, 0.6) is 0 Å². The summed E-state index contributed by atoms with van der Waals surface area (Å²) in [6.07, 6.45) is 2.51. The molecule has 2 rings (SSSR count). The van der Waals surface area contributed by atoms with E-state index in [9.17, 15) is 8.42 Å². The number of hydrogen-bond acceptors (Lipinski definition) is 6. The Balaban J connectivity index is 2.08. The summed E-state index contributed by atoms with van der Waals surface area (Å²) in [7, 11) is -3.58. The Bertz CT molecular complexity index is 574. The molecule has 0 saturated carbocycles. The van der Waals surface area contributed by atoms with Crippen molar-refractivity contribution in [1.82, 2.24) is 19.8 Å². The van der Waals surface area contributed by atoms with Gasteiger partial charge in [0.1, 0.15) is 0 Å². The molecule has 0 aliphatic carbocycles. The summed E-state index contributed by atoms with van der Waals surface area (Å²) in [6.45, 7) is 0.225. The summed E-state index contributed by atoms with van der Waals surface area (Å²) in [5.74, 6) is 0.267. The average Bonchev–Trinajstić information content (AvgIpc) is 2.98. The fourth-order valence-corrected chi connectivity index (χ4v) is 2.20. The van der Waals surface area contributed by atoms with Crippen molar-refractivity contribution in [3.63, 3.8) is 0 Å². The second kappa shape index (κ2) is 4.65. The van der Waals surface area contributed by atoms with Crippen LogP contribution in [-0.2, 0) is 23.1 Å². The van der Waals surface area contributed by atoms with E-state index < -0.39 is 10.0 Å². The fourth-order valence-electron chi connectivity index (χ4n) is 1.21. The molecular formula is C8H11N5O3S. The molecule has 9 heteroatoms. The van der Waals surface area contributed by atoms with Crippen molar-refractivity contribution in [3.8, 4) is 0 Å². The second-order valence-corrected chi connectivity index (χ2v) is 5.00. The molecule has 0 saturated heterocycles. The van der Waals surface area contributed by atoms with Gasteiger partial charge in [0.05, 0.1) is 11.4 Å². The Morgan fingerprint density at radius 3 is 2.94 bits per heavy atom. The van der Waals surface area contributed by atoms with E-state index in [0.29, 0.717) is 5.69 Å². The maximum atomic E-state index is 11.8. The van der Waals surface area contributed by atoms with Gasteiger partial charge in [-0.25, -0.2) is 13.1 Å². The normalized spacial score (nSPS) is 11.8. The summed E-state index contributed by atoms with van der Waals surface area (Å²) < 4.78 is 30.4. The number of H-pyrrole nitrogens is 1. The van der Waals surface area contributed by atoms with Crippen molar-refractivity contribution in [1.29, 1.82) is 0 Å². The van der Waals surface area contributed by atoms with Crippen LogP contribution in [0.15, 0.2) is 28.1 Å². The molecule has 0 unspecified atom stereocenters. The van der Waals surface area contributed by atoms with E-state index in [-0.39, 0.29) is 23.8 Å². The van der Waals surface area contributed by atoms with Crippen LogP contribution in [0.25, 0.3) is 0 Å². The van der Waals surface area contributed by atoms with Crippen LogP contribution in [0.1, 0.15) is 11.5 Å². The summed E-state index contributed by atoms with van der Waals surface area (Å²) in [5.41, 5.74) is 6.02. The highest BCUT2D eigenvalue weighted by Crippen LogP contribution is 2.10. The Morgan fingerprint density at radius 1 is 1.53 bits per heavy atom. The Labute approximate surface area is 97.3 Å². The van der Waals surface area contributed by atoms with Crippen LogP contribution in [0.4, 0.5) is 0 Å². The first-order valence-corrected chi connectivity index (χ1v) is 6.22. The van der Waals surface area contributed by atoms with E-state index in [4.69, 9.17) is 5.73 Å². The van der Waals surface area contributed by atoms with Crippen molar-refractivity contribution in [2.45, 2.75) is 18.0 Å². The van der Waals surface area contributed by atoms with Crippen LogP contribution in [-0.4, -0.2) is 23.5 Å². The quantitative estimate of drug-likeness (QED) is 0.652. The number of nitrogens with two attached hydrogens (primary N) is 1. The minimum absolute atomic E-state index is 0.0258. The number of sulfonamides is 1. The van der Waals surface area contributed by atoms with Crippen molar-refractivity contribution >= 4 is 10.0 Å². The molecule has 8 nitrogen and oxygen atoms in total. The molecule has 2 heterocycles. The lowest BCUT2D eigenvalue weighted by atomic mass is 10.4. The minimum atomic E-state index is -3.58. The third-order valence-electron chi connectivity index (χ3n) is 2.07. The first-order valence-electron chi connectivity index (χ1n) is 4.74. The lowest BCUT2D eigenvalue weighted by molar-refractivity contribution is 0.409. The lowest BCUT2D eigenvalue weighted by Gasteiger charge is -2.01. The third-order valence-corrected chi connectivity index (χ3v) is 3.45. The Morgan fingerprint density at radius 2 is 2.35 bits per heavy atom. The topological polar surface area (TPSA) is 127 Å². The number of hydrogen-bond donors (Lipinski definition) is 3. The van der Waals surface area contributed by atoms with Gasteiger partial charge < -0.3 is 15.2 Å². The van der Waals surface area contributed by atoms with Crippen LogP contribution in [0.2, 0.25) is 0 Å². The zero-order valence-corrected chi connectivity index (χ0v) is 9.57. The van der Waals surface area contributed by atoms with E-state index in [1.165, 1.54) is 12.3 Å². The fraction of sp³-hybridized carbons (Fsp3) is 0.250. The van der Waals surface area contributed by atoms with Gasteiger partial charge in [-0.3, -0.25) is 0 Å². The average molecular weight is 257 g/mol. The van der Waals surface area contributed by atoms with Gasteiger partial charge in [0, 0.05) is 18.4 Å². The summed E-state index contributed by atoms with van der Waals surface area (Å²) in [4.78, 5) is 6.59. The van der Waals surface area contributed by atoms with Gasteiger partial charge in [0.2, 0.25) is 16.4 Å². The molecule has 92 valence electrons. The van der Waals surface area contributed by atoms with E-state index in [1.807, 2.05) is 0 Å². The van der Waals surface area contributed by atoms with E-state index in [0.717, 1.165) is 6.39 Å². The van der Waals surface area contributed by atoms with Gasteiger partial charge in [-0.1, -0.05) is 5.16 Å². The zero-order valence-electron chi connectivity index (χ0n) is 8.75. The molecule has 0 radical (unpaired) electrons. The maximum Gasteiger partial charge on any atom is 0.242 e. The molecule has 0 atom stereocenters. The Kier molecular flexibility index (Phi) is 3.22. The molecule has 0 aliphatic heterocycles. The lowest BCUT2D eigenvalue weighted by Crippen LogP contribution is -2.23. The summed E-state index contributed by atoms with van der Waals surface area (Å²) in [6, 6.07) is 1.47. The molecule has 0 fully saturated rings. The van der Waals surface area contributed by atoms with Crippen LogP contribution < -0.4 is 10.5 Å². The van der Waals surface area contributed by atoms with Crippen LogP contribution >= 0.6 is 0 Å². The van der Waals surface area contributed by atoms with Gasteiger partial charge in [-0.15, -0.1) is 0 Å². The molecule has 0 amide bonds. The molecule has 2 aromatic rings. The monoisotopic (exact) mass is 257 g/mol. The van der Waals surface area contributed by atoms with Gasteiger partial charge in [-0.05, 0) is 6.07 Å². The number of aromatic amines is 1. The second-order valence-electron chi connectivity index (χ2n) is 3.24. The van der Waals surface area contributed by atoms with Crippen molar-refractivity contribution in [3.05, 3.63) is 30.2 Å². The zero-order chi connectivity index (χ0) is 12.3.